The van der Waals surface area contributed by atoms with Crippen molar-refractivity contribution in [2.24, 2.45) is 0 Å². The second kappa shape index (κ2) is 3.24. The van der Waals surface area contributed by atoms with Gasteiger partial charge >= 0.3 is 0 Å². The third-order valence-corrected chi connectivity index (χ3v) is 5.08. The molecule has 0 saturated heterocycles. The van der Waals surface area contributed by atoms with E-state index in [0.29, 0.717) is 0 Å². The fraction of sp³-hybridized carbons (Fsp3) is 0.385. The number of aryl methyl sites for hydroxylation is 2. The summed E-state index contributed by atoms with van der Waals surface area (Å²) in [7, 11) is -1.21. The van der Waals surface area contributed by atoms with Gasteiger partial charge in [0, 0.05) is 5.39 Å². The summed E-state index contributed by atoms with van der Waals surface area (Å²) in [4.78, 5) is 0. The number of fused-ring (bicyclic) bond motifs is 1. The molecule has 0 N–H and O–H groups in total. The highest BCUT2D eigenvalue weighted by Crippen LogP contribution is 2.24. The lowest BCUT2D eigenvalue weighted by atomic mass is 10.1. The summed E-state index contributed by atoms with van der Waals surface area (Å²) in [6.07, 6.45) is 0. The lowest BCUT2D eigenvalue weighted by Crippen LogP contribution is -2.37. The Bertz CT molecular complexity index is 503. The average molecular weight is 218 g/mol. The van der Waals surface area contributed by atoms with Crippen molar-refractivity contribution in [3.8, 4) is 0 Å². The first kappa shape index (κ1) is 10.5. The monoisotopic (exact) mass is 218 g/mol. The van der Waals surface area contributed by atoms with Gasteiger partial charge in [-0.3, -0.25) is 0 Å². The molecule has 1 heterocycles. The maximum atomic E-state index is 5.68. The Morgan fingerprint density at radius 2 is 1.73 bits per heavy atom. The molecule has 0 saturated carbocycles. The first-order valence-corrected chi connectivity index (χ1v) is 8.90. The zero-order valence-corrected chi connectivity index (χ0v) is 11.1. The average Bonchev–Trinajstić information content (AvgIpc) is 2.41. The third kappa shape index (κ3) is 1.74. The SMILES string of the molecule is Cc1oc2ccc([Si](C)(C)C)cc2c1C. The fourth-order valence-electron chi connectivity index (χ4n) is 1.81. The van der Waals surface area contributed by atoms with Crippen LogP contribution < -0.4 is 5.19 Å². The van der Waals surface area contributed by atoms with Crippen molar-refractivity contribution in [2.75, 3.05) is 0 Å². The summed E-state index contributed by atoms with van der Waals surface area (Å²) in [5.41, 5.74) is 2.30. The maximum absolute atomic E-state index is 5.68. The summed E-state index contributed by atoms with van der Waals surface area (Å²) in [5.74, 6) is 1.04. The molecule has 0 unspecified atom stereocenters. The Labute approximate surface area is 92.1 Å². The lowest BCUT2D eigenvalue weighted by molar-refractivity contribution is 0.575. The van der Waals surface area contributed by atoms with Gasteiger partial charge in [-0.1, -0.05) is 37.0 Å². The Balaban J connectivity index is 2.70. The van der Waals surface area contributed by atoms with Crippen LogP contribution in [0.25, 0.3) is 11.0 Å². The quantitative estimate of drug-likeness (QED) is 0.667. The highest BCUT2D eigenvalue weighted by atomic mass is 28.3. The van der Waals surface area contributed by atoms with Crippen LogP contribution in [0.15, 0.2) is 22.6 Å². The van der Waals surface area contributed by atoms with E-state index in [9.17, 15) is 0 Å². The number of furan rings is 1. The van der Waals surface area contributed by atoms with E-state index in [2.05, 4.69) is 44.8 Å². The van der Waals surface area contributed by atoms with Crippen molar-refractivity contribution in [3.05, 3.63) is 29.5 Å². The van der Waals surface area contributed by atoms with Crippen LogP contribution in [-0.2, 0) is 0 Å². The summed E-state index contributed by atoms with van der Waals surface area (Å²) >= 11 is 0. The van der Waals surface area contributed by atoms with E-state index in [1.54, 1.807) is 0 Å². The lowest BCUT2D eigenvalue weighted by Gasteiger charge is -2.16. The van der Waals surface area contributed by atoms with Crippen LogP contribution in [0.2, 0.25) is 19.6 Å². The normalized spacial score (nSPS) is 12.3. The molecule has 1 aromatic carbocycles. The number of hydrogen-bond donors (Lipinski definition) is 0. The summed E-state index contributed by atoms with van der Waals surface area (Å²) in [6, 6.07) is 6.65. The van der Waals surface area contributed by atoms with Gasteiger partial charge < -0.3 is 4.42 Å². The van der Waals surface area contributed by atoms with Crippen LogP contribution in [0.5, 0.6) is 0 Å². The standard InChI is InChI=1S/C13H18OSi/c1-9-10(2)14-13-7-6-11(8-12(9)13)15(3,4)5/h6-8H,1-5H3. The Hall–Kier alpha value is -1.02. The molecule has 1 nitrogen and oxygen atoms in total. The van der Waals surface area contributed by atoms with E-state index < -0.39 is 8.07 Å². The summed E-state index contributed by atoms with van der Waals surface area (Å²) in [6.45, 7) is 11.3. The van der Waals surface area contributed by atoms with Crippen LogP contribution >= 0.6 is 0 Å². The first-order chi connectivity index (χ1) is 6.89. The molecule has 2 heteroatoms. The molecular formula is C13H18OSi. The highest BCUT2D eigenvalue weighted by molar-refractivity contribution is 6.88. The topological polar surface area (TPSA) is 13.1 Å². The van der Waals surface area contributed by atoms with Gasteiger partial charge in [-0.15, -0.1) is 0 Å². The molecular weight excluding hydrogens is 200 g/mol. The second-order valence-electron chi connectivity index (χ2n) is 5.24. The molecule has 15 heavy (non-hydrogen) atoms. The zero-order chi connectivity index (χ0) is 11.2. The van der Waals surface area contributed by atoms with Gasteiger partial charge in [0.2, 0.25) is 0 Å². The summed E-state index contributed by atoms with van der Waals surface area (Å²) < 4.78 is 5.68. The highest BCUT2D eigenvalue weighted by Gasteiger charge is 2.17. The maximum Gasteiger partial charge on any atom is 0.134 e. The molecule has 2 aromatic rings. The van der Waals surface area contributed by atoms with E-state index in [-0.39, 0.29) is 0 Å². The molecule has 2 rings (SSSR count). The molecule has 0 aliphatic rings. The zero-order valence-electron chi connectivity index (χ0n) is 10.1. The molecule has 0 atom stereocenters. The molecule has 0 fully saturated rings. The van der Waals surface area contributed by atoms with Crippen molar-refractivity contribution >= 4 is 24.2 Å². The van der Waals surface area contributed by atoms with Crippen molar-refractivity contribution < 1.29 is 4.42 Å². The van der Waals surface area contributed by atoms with E-state index in [0.717, 1.165) is 11.3 Å². The van der Waals surface area contributed by atoms with Gasteiger partial charge in [-0.2, -0.15) is 0 Å². The van der Waals surface area contributed by atoms with Gasteiger partial charge in [0.25, 0.3) is 0 Å². The third-order valence-electron chi connectivity index (χ3n) is 3.04. The van der Waals surface area contributed by atoms with E-state index >= 15 is 0 Å². The van der Waals surface area contributed by atoms with Crippen LogP contribution in [0.4, 0.5) is 0 Å². The minimum Gasteiger partial charge on any atom is -0.461 e. The molecule has 0 aliphatic carbocycles. The minimum absolute atomic E-state index is 1.02. The Morgan fingerprint density at radius 1 is 1.07 bits per heavy atom. The molecule has 0 aliphatic heterocycles. The van der Waals surface area contributed by atoms with Gasteiger partial charge in [-0.25, -0.2) is 0 Å². The second-order valence-corrected chi connectivity index (χ2v) is 10.3. The van der Waals surface area contributed by atoms with Crippen LogP contribution in [0, 0.1) is 13.8 Å². The van der Waals surface area contributed by atoms with Crippen molar-refractivity contribution in [2.45, 2.75) is 33.5 Å². The minimum atomic E-state index is -1.21. The van der Waals surface area contributed by atoms with E-state index in [4.69, 9.17) is 4.42 Å². The fourth-order valence-corrected chi connectivity index (χ4v) is 2.97. The Kier molecular flexibility index (Phi) is 2.27. The van der Waals surface area contributed by atoms with Crippen LogP contribution in [0.3, 0.4) is 0 Å². The van der Waals surface area contributed by atoms with Gasteiger partial charge in [-0.05, 0) is 25.5 Å². The predicted molar refractivity (Wildman–Crippen MR) is 68.7 cm³/mol. The van der Waals surface area contributed by atoms with Crippen molar-refractivity contribution in [1.29, 1.82) is 0 Å². The van der Waals surface area contributed by atoms with Crippen molar-refractivity contribution in [3.63, 3.8) is 0 Å². The van der Waals surface area contributed by atoms with E-state index in [1.807, 2.05) is 6.92 Å². The van der Waals surface area contributed by atoms with Crippen LogP contribution in [0.1, 0.15) is 11.3 Å². The molecule has 80 valence electrons. The largest absolute Gasteiger partial charge is 0.461 e. The number of rotatable bonds is 1. The van der Waals surface area contributed by atoms with Gasteiger partial charge in [0.05, 0.1) is 8.07 Å². The summed E-state index contributed by atoms with van der Waals surface area (Å²) in [5, 5.41) is 2.78. The predicted octanol–water partition coefficient (Wildman–Crippen LogP) is 3.59. The molecule has 0 radical (unpaired) electrons. The Morgan fingerprint density at radius 3 is 2.33 bits per heavy atom. The smallest absolute Gasteiger partial charge is 0.134 e. The molecule has 1 aromatic heterocycles. The number of benzene rings is 1. The van der Waals surface area contributed by atoms with Gasteiger partial charge in [0.15, 0.2) is 0 Å². The molecule has 0 bridgehead atoms. The molecule has 0 spiro atoms. The van der Waals surface area contributed by atoms with E-state index in [1.165, 1.54) is 16.1 Å². The van der Waals surface area contributed by atoms with Crippen LogP contribution in [-0.4, -0.2) is 8.07 Å². The number of hydrogen-bond acceptors (Lipinski definition) is 1. The van der Waals surface area contributed by atoms with Crippen molar-refractivity contribution in [1.82, 2.24) is 0 Å². The van der Waals surface area contributed by atoms with Gasteiger partial charge in [0.1, 0.15) is 11.3 Å². The molecule has 0 amide bonds. The first-order valence-electron chi connectivity index (χ1n) is 5.40.